The molecule has 2 aromatic carbocycles. The van der Waals surface area contributed by atoms with Gasteiger partial charge in [-0.3, -0.25) is 0 Å². The smallest absolute Gasteiger partial charge is 0.126 e. The van der Waals surface area contributed by atoms with Gasteiger partial charge in [-0.1, -0.05) is 35.4 Å². The predicted octanol–water partition coefficient (Wildman–Crippen LogP) is 4.48. The Hall–Kier alpha value is -1.51. The number of rotatable bonds is 1. The first-order chi connectivity index (χ1) is 9.54. The van der Waals surface area contributed by atoms with Crippen molar-refractivity contribution in [2.75, 3.05) is 0 Å². The molecule has 2 nitrogen and oxygen atoms in total. The first kappa shape index (κ1) is 13.5. The second-order valence-corrected chi connectivity index (χ2v) is 5.93. The second-order valence-electron chi connectivity index (χ2n) is 5.49. The average molecular weight is 288 g/mol. The minimum atomic E-state index is -0.00234. The number of fused-ring (bicyclic) bond motifs is 1. The Morgan fingerprint density at radius 3 is 2.65 bits per heavy atom. The Morgan fingerprint density at radius 1 is 1.10 bits per heavy atom. The normalized spacial score (nSPS) is 21.2. The Labute approximate surface area is 124 Å². The zero-order valence-corrected chi connectivity index (χ0v) is 12.4. The zero-order valence-electron chi connectivity index (χ0n) is 11.7. The van der Waals surface area contributed by atoms with Crippen LogP contribution in [-0.4, -0.2) is 0 Å². The van der Waals surface area contributed by atoms with Crippen LogP contribution in [0.25, 0.3) is 0 Å². The van der Waals surface area contributed by atoms with Gasteiger partial charge in [0.25, 0.3) is 0 Å². The van der Waals surface area contributed by atoms with Crippen LogP contribution in [0.3, 0.4) is 0 Å². The zero-order chi connectivity index (χ0) is 14.3. The molecule has 0 fully saturated rings. The van der Waals surface area contributed by atoms with Gasteiger partial charge in [0.15, 0.2) is 0 Å². The van der Waals surface area contributed by atoms with E-state index in [1.54, 1.807) is 0 Å². The molecule has 2 unspecified atom stereocenters. The van der Waals surface area contributed by atoms with Crippen LogP contribution in [0.15, 0.2) is 36.4 Å². The molecule has 3 rings (SSSR count). The summed E-state index contributed by atoms with van der Waals surface area (Å²) in [5.74, 6) is 0.897. The van der Waals surface area contributed by atoms with Gasteiger partial charge in [-0.2, -0.15) is 0 Å². The largest absolute Gasteiger partial charge is 0.485 e. The fourth-order valence-corrected chi connectivity index (χ4v) is 3.04. The van der Waals surface area contributed by atoms with Crippen molar-refractivity contribution in [2.45, 2.75) is 32.4 Å². The Kier molecular flexibility index (Phi) is 3.45. The maximum atomic E-state index is 6.32. The molecule has 1 aliphatic heterocycles. The lowest BCUT2D eigenvalue weighted by molar-refractivity contribution is 0.161. The molecule has 0 spiro atoms. The highest BCUT2D eigenvalue weighted by Crippen LogP contribution is 2.41. The van der Waals surface area contributed by atoms with Crippen LogP contribution in [0.2, 0.25) is 5.02 Å². The predicted molar refractivity (Wildman–Crippen MR) is 82.3 cm³/mol. The molecule has 0 bridgehead atoms. The minimum absolute atomic E-state index is 0.00234. The van der Waals surface area contributed by atoms with E-state index in [-0.39, 0.29) is 12.1 Å². The van der Waals surface area contributed by atoms with E-state index in [4.69, 9.17) is 22.1 Å². The molecule has 0 aliphatic carbocycles. The number of halogens is 1. The van der Waals surface area contributed by atoms with E-state index < -0.39 is 0 Å². The van der Waals surface area contributed by atoms with Crippen LogP contribution in [0.1, 0.15) is 40.8 Å². The molecule has 2 atom stereocenters. The molecule has 0 radical (unpaired) electrons. The fourth-order valence-electron chi connectivity index (χ4n) is 2.81. The third kappa shape index (κ3) is 2.41. The molecular weight excluding hydrogens is 270 g/mol. The summed E-state index contributed by atoms with van der Waals surface area (Å²) >= 11 is 6.02. The third-order valence-corrected chi connectivity index (χ3v) is 4.12. The van der Waals surface area contributed by atoms with Crippen molar-refractivity contribution in [3.8, 4) is 5.75 Å². The van der Waals surface area contributed by atoms with Gasteiger partial charge < -0.3 is 10.5 Å². The molecule has 3 heteroatoms. The first-order valence-electron chi connectivity index (χ1n) is 6.83. The topological polar surface area (TPSA) is 35.2 Å². The summed E-state index contributed by atoms with van der Waals surface area (Å²) in [7, 11) is 0. The number of benzene rings is 2. The third-order valence-electron chi connectivity index (χ3n) is 3.88. The van der Waals surface area contributed by atoms with Crippen molar-refractivity contribution in [2.24, 2.45) is 5.73 Å². The van der Waals surface area contributed by atoms with E-state index in [1.165, 1.54) is 5.56 Å². The maximum absolute atomic E-state index is 6.32. The van der Waals surface area contributed by atoms with Crippen LogP contribution >= 0.6 is 11.6 Å². The van der Waals surface area contributed by atoms with E-state index in [1.807, 2.05) is 24.3 Å². The van der Waals surface area contributed by atoms with Gasteiger partial charge in [0, 0.05) is 23.0 Å². The van der Waals surface area contributed by atoms with Crippen LogP contribution in [-0.2, 0) is 0 Å². The van der Waals surface area contributed by atoms with Crippen LogP contribution in [0, 0.1) is 13.8 Å². The van der Waals surface area contributed by atoms with E-state index in [0.29, 0.717) is 0 Å². The summed E-state index contributed by atoms with van der Waals surface area (Å²) in [4.78, 5) is 0. The number of hydrogen-bond donors (Lipinski definition) is 1. The highest BCUT2D eigenvalue weighted by molar-refractivity contribution is 6.30. The van der Waals surface area contributed by atoms with Crippen molar-refractivity contribution in [3.63, 3.8) is 0 Å². The lowest BCUT2D eigenvalue weighted by Crippen LogP contribution is -2.24. The molecule has 0 saturated heterocycles. The molecule has 20 heavy (non-hydrogen) atoms. The summed E-state index contributed by atoms with van der Waals surface area (Å²) in [6.45, 7) is 4.13. The highest BCUT2D eigenvalue weighted by atomic mass is 35.5. The van der Waals surface area contributed by atoms with Gasteiger partial charge in [0.2, 0.25) is 0 Å². The average Bonchev–Trinajstić information content (AvgIpc) is 2.39. The molecule has 2 aromatic rings. The molecule has 0 amide bonds. The molecule has 2 N–H and O–H groups in total. The molecule has 1 heterocycles. The molecule has 0 aromatic heterocycles. The summed E-state index contributed by atoms with van der Waals surface area (Å²) < 4.78 is 6.14. The van der Waals surface area contributed by atoms with E-state index in [0.717, 1.165) is 33.9 Å². The van der Waals surface area contributed by atoms with Gasteiger partial charge >= 0.3 is 0 Å². The summed E-state index contributed by atoms with van der Waals surface area (Å²) in [5, 5.41) is 0.752. The minimum Gasteiger partial charge on any atom is -0.485 e. The number of ether oxygens (including phenoxy) is 1. The van der Waals surface area contributed by atoms with Crippen LogP contribution in [0.4, 0.5) is 0 Å². The molecular formula is C17H18ClNO. The summed E-state index contributed by atoms with van der Waals surface area (Å²) in [6.07, 6.45) is 0.788. The van der Waals surface area contributed by atoms with E-state index in [2.05, 4.69) is 26.0 Å². The van der Waals surface area contributed by atoms with E-state index >= 15 is 0 Å². The van der Waals surface area contributed by atoms with Gasteiger partial charge in [-0.25, -0.2) is 0 Å². The molecule has 0 saturated carbocycles. The molecule has 1 aliphatic rings. The van der Waals surface area contributed by atoms with Crippen molar-refractivity contribution >= 4 is 11.6 Å². The quantitative estimate of drug-likeness (QED) is 0.839. The lowest BCUT2D eigenvalue weighted by atomic mass is 9.91. The van der Waals surface area contributed by atoms with E-state index in [9.17, 15) is 0 Å². The Balaban J connectivity index is 1.97. The summed E-state index contributed by atoms with van der Waals surface area (Å²) in [5.41, 5.74) is 10.9. The van der Waals surface area contributed by atoms with Gasteiger partial charge in [0.05, 0.1) is 0 Å². The van der Waals surface area contributed by atoms with Crippen LogP contribution in [0.5, 0.6) is 5.75 Å². The highest BCUT2D eigenvalue weighted by Gasteiger charge is 2.27. The van der Waals surface area contributed by atoms with Gasteiger partial charge in [0.1, 0.15) is 11.9 Å². The standard InChI is InChI=1S/C17H18ClNO/c1-10-3-6-16-14(7-10)15(19)9-17(20-16)13-5-4-12(18)8-11(13)2/h3-8,15,17H,9,19H2,1-2H3. The van der Waals surface area contributed by atoms with Crippen molar-refractivity contribution in [1.82, 2.24) is 0 Å². The Bertz CT molecular complexity index is 653. The van der Waals surface area contributed by atoms with Crippen molar-refractivity contribution in [3.05, 3.63) is 63.7 Å². The fraction of sp³-hybridized carbons (Fsp3) is 0.294. The van der Waals surface area contributed by atoms with Gasteiger partial charge in [-0.15, -0.1) is 0 Å². The first-order valence-corrected chi connectivity index (χ1v) is 7.21. The van der Waals surface area contributed by atoms with Gasteiger partial charge in [-0.05, 0) is 43.2 Å². The van der Waals surface area contributed by atoms with Crippen molar-refractivity contribution < 1.29 is 4.74 Å². The monoisotopic (exact) mass is 287 g/mol. The Morgan fingerprint density at radius 2 is 1.90 bits per heavy atom. The maximum Gasteiger partial charge on any atom is 0.126 e. The second kappa shape index (κ2) is 5.12. The molecule has 104 valence electrons. The van der Waals surface area contributed by atoms with Crippen LogP contribution < -0.4 is 10.5 Å². The number of hydrogen-bond acceptors (Lipinski definition) is 2. The summed E-state index contributed by atoms with van der Waals surface area (Å²) in [6, 6.07) is 12.1. The van der Waals surface area contributed by atoms with Crippen molar-refractivity contribution in [1.29, 1.82) is 0 Å². The number of nitrogens with two attached hydrogens (primary N) is 1. The lowest BCUT2D eigenvalue weighted by Gasteiger charge is -2.31. The SMILES string of the molecule is Cc1ccc2c(c1)C(N)CC(c1ccc(Cl)cc1C)O2. The number of aryl methyl sites for hydroxylation is 2.